The highest BCUT2D eigenvalue weighted by Gasteiger charge is 2.32. The molecule has 0 saturated carbocycles. The number of hydrogen-bond donors (Lipinski definition) is 2. The highest BCUT2D eigenvalue weighted by atomic mass is 32.2. The zero-order chi connectivity index (χ0) is 23.7. The summed E-state index contributed by atoms with van der Waals surface area (Å²) in [5.74, 6) is 0.00773. The predicted octanol–water partition coefficient (Wildman–Crippen LogP) is 2.82. The molecule has 174 valence electrons. The number of benzene rings is 2. The van der Waals surface area contributed by atoms with Gasteiger partial charge in [0.15, 0.2) is 0 Å². The van der Waals surface area contributed by atoms with E-state index in [2.05, 4.69) is 10.0 Å². The van der Waals surface area contributed by atoms with Gasteiger partial charge in [-0.25, -0.2) is 21.6 Å². The number of aryl methyl sites for hydroxylation is 1. The summed E-state index contributed by atoms with van der Waals surface area (Å²) < 4.78 is 54.4. The number of piperidine rings is 1. The van der Waals surface area contributed by atoms with Gasteiger partial charge in [0.05, 0.1) is 9.79 Å². The Hall–Kier alpha value is -2.27. The standard InChI is InChI=1S/C22H29N3O5S2/c1-15-10-16(2)14-25(13-15)32(29,30)20-7-5-6-18(11-20)22(26)24-19-9-8-17(3)21(12-19)31(27,28)23-4/h5-9,11-12,15-16,23H,10,13-14H2,1-4H3,(H,24,26). The summed E-state index contributed by atoms with van der Waals surface area (Å²) in [6.45, 7) is 6.63. The van der Waals surface area contributed by atoms with Gasteiger partial charge in [-0.3, -0.25) is 4.79 Å². The molecule has 2 unspecified atom stereocenters. The number of sulfonamides is 2. The fraction of sp³-hybridized carbons (Fsp3) is 0.409. The van der Waals surface area contributed by atoms with Crippen LogP contribution >= 0.6 is 0 Å². The zero-order valence-electron chi connectivity index (χ0n) is 18.6. The lowest BCUT2D eigenvalue weighted by atomic mass is 9.94. The van der Waals surface area contributed by atoms with Crippen LogP contribution in [0.2, 0.25) is 0 Å². The molecular weight excluding hydrogens is 450 g/mol. The molecule has 2 N–H and O–H groups in total. The van der Waals surface area contributed by atoms with Crippen LogP contribution in [-0.2, 0) is 20.0 Å². The summed E-state index contributed by atoms with van der Waals surface area (Å²) in [4.78, 5) is 12.9. The molecule has 0 aromatic heterocycles. The maximum atomic E-state index is 13.2. The van der Waals surface area contributed by atoms with Crippen molar-refractivity contribution < 1.29 is 21.6 Å². The number of carbonyl (C=O) groups excluding carboxylic acids is 1. The Morgan fingerprint density at radius 1 is 1.00 bits per heavy atom. The molecule has 1 saturated heterocycles. The molecule has 2 aromatic rings. The summed E-state index contributed by atoms with van der Waals surface area (Å²) in [5, 5.41) is 2.65. The summed E-state index contributed by atoms with van der Waals surface area (Å²) in [6, 6.07) is 10.5. The Bertz CT molecular complexity index is 1220. The van der Waals surface area contributed by atoms with Crippen LogP contribution in [-0.4, -0.2) is 47.2 Å². The molecule has 0 radical (unpaired) electrons. The second kappa shape index (κ2) is 9.30. The van der Waals surface area contributed by atoms with E-state index in [-0.39, 0.29) is 27.2 Å². The molecule has 10 heteroatoms. The van der Waals surface area contributed by atoms with E-state index in [1.807, 2.05) is 13.8 Å². The molecular formula is C22H29N3O5S2. The van der Waals surface area contributed by atoms with Gasteiger partial charge in [0.25, 0.3) is 5.91 Å². The van der Waals surface area contributed by atoms with Crippen molar-refractivity contribution in [3.05, 3.63) is 53.6 Å². The normalized spacial score (nSPS) is 20.1. The molecule has 2 atom stereocenters. The smallest absolute Gasteiger partial charge is 0.255 e. The first-order chi connectivity index (χ1) is 14.9. The van der Waals surface area contributed by atoms with Crippen LogP contribution in [0.4, 0.5) is 5.69 Å². The lowest BCUT2D eigenvalue weighted by Crippen LogP contribution is -2.42. The maximum absolute atomic E-state index is 13.2. The van der Waals surface area contributed by atoms with E-state index in [1.165, 1.54) is 41.7 Å². The van der Waals surface area contributed by atoms with E-state index in [0.29, 0.717) is 24.3 Å². The van der Waals surface area contributed by atoms with Gasteiger partial charge in [0, 0.05) is 24.3 Å². The van der Waals surface area contributed by atoms with Gasteiger partial charge in [0.1, 0.15) is 0 Å². The molecule has 8 nitrogen and oxygen atoms in total. The summed E-state index contributed by atoms with van der Waals surface area (Å²) >= 11 is 0. The largest absolute Gasteiger partial charge is 0.322 e. The van der Waals surface area contributed by atoms with Crippen LogP contribution in [0, 0.1) is 18.8 Å². The SMILES string of the molecule is CNS(=O)(=O)c1cc(NC(=O)c2cccc(S(=O)(=O)N3CC(C)CC(C)C3)c2)ccc1C. The van der Waals surface area contributed by atoms with Gasteiger partial charge in [-0.1, -0.05) is 26.0 Å². The predicted molar refractivity (Wildman–Crippen MR) is 124 cm³/mol. The number of nitrogens with one attached hydrogen (secondary N) is 2. The number of carbonyl (C=O) groups is 1. The number of rotatable bonds is 6. The quantitative estimate of drug-likeness (QED) is 0.662. The van der Waals surface area contributed by atoms with Crippen molar-refractivity contribution in [3.63, 3.8) is 0 Å². The molecule has 1 heterocycles. The van der Waals surface area contributed by atoms with Gasteiger partial charge in [-0.15, -0.1) is 0 Å². The Kier molecular flexibility index (Phi) is 7.09. The summed E-state index contributed by atoms with van der Waals surface area (Å²) in [5.41, 5.74) is 1.000. The van der Waals surface area contributed by atoms with Crippen molar-refractivity contribution in [2.45, 2.75) is 37.0 Å². The Balaban J connectivity index is 1.86. The third kappa shape index (κ3) is 5.20. The van der Waals surface area contributed by atoms with Gasteiger partial charge < -0.3 is 5.32 Å². The van der Waals surface area contributed by atoms with E-state index >= 15 is 0 Å². The maximum Gasteiger partial charge on any atom is 0.255 e. The molecule has 32 heavy (non-hydrogen) atoms. The van der Waals surface area contributed by atoms with Crippen molar-refractivity contribution >= 4 is 31.6 Å². The summed E-state index contributed by atoms with van der Waals surface area (Å²) in [6.07, 6.45) is 0.982. The van der Waals surface area contributed by atoms with Crippen molar-refractivity contribution in [3.8, 4) is 0 Å². The number of amides is 1. The minimum absolute atomic E-state index is 0.0578. The molecule has 1 amide bonds. The molecule has 1 aliphatic heterocycles. The second-order valence-corrected chi connectivity index (χ2v) is 12.2. The van der Waals surface area contributed by atoms with Crippen molar-refractivity contribution in [2.75, 3.05) is 25.5 Å². The third-order valence-electron chi connectivity index (χ3n) is 5.57. The molecule has 1 fully saturated rings. The topological polar surface area (TPSA) is 113 Å². The van der Waals surface area contributed by atoms with Crippen LogP contribution in [0.3, 0.4) is 0 Å². The van der Waals surface area contributed by atoms with E-state index in [1.54, 1.807) is 19.1 Å². The van der Waals surface area contributed by atoms with Crippen LogP contribution in [0.25, 0.3) is 0 Å². The molecule has 0 spiro atoms. The van der Waals surface area contributed by atoms with E-state index < -0.39 is 26.0 Å². The second-order valence-electron chi connectivity index (χ2n) is 8.44. The van der Waals surface area contributed by atoms with Gasteiger partial charge in [0.2, 0.25) is 20.0 Å². The number of anilines is 1. The third-order valence-corrected chi connectivity index (χ3v) is 8.96. The first kappa shape index (κ1) is 24.4. The van der Waals surface area contributed by atoms with E-state index in [9.17, 15) is 21.6 Å². The summed E-state index contributed by atoms with van der Waals surface area (Å²) in [7, 11) is -6.10. The fourth-order valence-corrected chi connectivity index (χ4v) is 6.75. The lowest BCUT2D eigenvalue weighted by Gasteiger charge is -2.34. The Labute approximate surface area is 190 Å². The van der Waals surface area contributed by atoms with E-state index in [0.717, 1.165) is 6.42 Å². The lowest BCUT2D eigenvalue weighted by molar-refractivity contribution is 0.102. The Morgan fingerprint density at radius 3 is 2.28 bits per heavy atom. The molecule has 0 bridgehead atoms. The highest BCUT2D eigenvalue weighted by Crippen LogP contribution is 2.27. The monoisotopic (exact) mass is 479 g/mol. The minimum atomic E-state index is -3.73. The van der Waals surface area contributed by atoms with Crippen molar-refractivity contribution in [1.82, 2.24) is 9.03 Å². The first-order valence-corrected chi connectivity index (χ1v) is 13.3. The molecule has 2 aromatic carbocycles. The molecule has 0 aliphatic carbocycles. The van der Waals surface area contributed by atoms with E-state index in [4.69, 9.17) is 0 Å². The van der Waals surface area contributed by atoms with Gasteiger partial charge in [-0.2, -0.15) is 4.31 Å². The van der Waals surface area contributed by atoms with Crippen LogP contribution in [0.5, 0.6) is 0 Å². The molecule has 1 aliphatic rings. The van der Waals surface area contributed by atoms with Crippen molar-refractivity contribution in [2.24, 2.45) is 11.8 Å². The van der Waals surface area contributed by atoms with Crippen LogP contribution in [0.1, 0.15) is 36.2 Å². The fourth-order valence-electron chi connectivity index (χ4n) is 4.03. The average Bonchev–Trinajstić information content (AvgIpc) is 2.74. The molecule has 3 rings (SSSR count). The van der Waals surface area contributed by atoms with Crippen molar-refractivity contribution in [1.29, 1.82) is 0 Å². The minimum Gasteiger partial charge on any atom is -0.322 e. The number of hydrogen-bond acceptors (Lipinski definition) is 5. The average molecular weight is 480 g/mol. The van der Waals surface area contributed by atoms with Crippen LogP contribution < -0.4 is 10.0 Å². The van der Waals surface area contributed by atoms with Gasteiger partial charge >= 0.3 is 0 Å². The Morgan fingerprint density at radius 2 is 1.66 bits per heavy atom. The highest BCUT2D eigenvalue weighted by molar-refractivity contribution is 7.89. The van der Waals surface area contributed by atoms with Crippen LogP contribution in [0.15, 0.2) is 52.3 Å². The van der Waals surface area contributed by atoms with Gasteiger partial charge in [-0.05, 0) is 68.1 Å². The zero-order valence-corrected chi connectivity index (χ0v) is 20.3. The first-order valence-electron chi connectivity index (χ1n) is 10.4. The number of nitrogens with zero attached hydrogens (tertiary/aromatic N) is 1.